The molecule has 0 unspecified atom stereocenters. The van der Waals surface area contributed by atoms with Crippen LogP contribution >= 0.6 is 34.9 Å². The van der Waals surface area contributed by atoms with E-state index in [1.807, 2.05) is 23.9 Å². The van der Waals surface area contributed by atoms with Crippen LogP contribution in [-0.4, -0.2) is 70.5 Å². The first-order valence-electron chi connectivity index (χ1n) is 8.58. The maximum Gasteiger partial charge on any atom is 0.232 e. The minimum atomic E-state index is 0.137. The van der Waals surface area contributed by atoms with E-state index in [1.165, 1.54) is 60.5 Å². The number of thioether (sulfide) groups is 2. The third-order valence-corrected chi connectivity index (χ3v) is 7.50. The predicted molar refractivity (Wildman–Crippen MR) is 102 cm³/mol. The quantitative estimate of drug-likeness (QED) is 0.562. The van der Waals surface area contributed by atoms with Crippen LogP contribution in [0.3, 0.4) is 0 Å². The van der Waals surface area contributed by atoms with Gasteiger partial charge in [-0.1, -0.05) is 34.9 Å². The lowest BCUT2D eigenvalue weighted by Crippen LogP contribution is -2.30. The maximum absolute atomic E-state index is 12.1. The second-order valence-corrected chi connectivity index (χ2v) is 10.3. The first-order valence-corrected chi connectivity index (χ1v) is 11.4. The van der Waals surface area contributed by atoms with Crippen LogP contribution in [0.15, 0.2) is 8.68 Å². The van der Waals surface area contributed by atoms with Crippen LogP contribution in [0, 0.1) is 11.8 Å². The zero-order valence-electron chi connectivity index (χ0n) is 14.6. The van der Waals surface area contributed by atoms with E-state index in [1.54, 1.807) is 0 Å². The highest BCUT2D eigenvalue weighted by Crippen LogP contribution is 2.32. The van der Waals surface area contributed by atoms with Gasteiger partial charge in [0.1, 0.15) is 0 Å². The monoisotopic (exact) mass is 400 g/mol. The van der Waals surface area contributed by atoms with E-state index < -0.39 is 0 Å². The van der Waals surface area contributed by atoms with E-state index in [0.29, 0.717) is 23.3 Å². The van der Waals surface area contributed by atoms with Crippen LogP contribution in [0.2, 0.25) is 0 Å². The summed E-state index contributed by atoms with van der Waals surface area (Å²) < 4.78 is 1.57. The maximum atomic E-state index is 12.1. The van der Waals surface area contributed by atoms with Gasteiger partial charge in [-0.25, -0.2) is 0 Å². The Labute approximate surface area is 161 Å². The topological polar surface area (TPSA) is 66.4 Å². The molecule has 3 rings (SSSR count). The van der Waals surface area contributed by atoms with Gasteiger partial charge in [0.2, 0.25) is 11.8 Å². The summed E-state index contributed by atoms with van der Waals surface area (Å²) >= 11 is 4.31. The molecule has 0 aliphatic heterocycles. The van der Waals surface area contributed by atoms with E-state index in [2.05, 4.69) is 10.2 Å². The standard InChI is InChI=1S/C16H24N4O2S3/c1-19(7-11-3-4-11)13(21)9-23-15-17-18-16(25-15)24-10-14(22)20(2)8-12-5-6-12/h11-12H,3-10H2,1-2H3. The molecule has 0 radical (unpaired) electrons. The van der Waals surface area contributed by atoms with Crippen molar-refractivity contribution in [3.05, 3.63) is 0 Å². The summed E-state index contributed by atoms with van der Waals surface area (Å²) in [5.41, 5.74) is 0. The summed E-state index contributed by atoms with van der Waals surface area (Å²) in [5.74, 6) is 2.48. The second-order valence-electron chi connectivity index (χ2n) is 6.85. The van der Waals surface area contributed by atoms with Gasteiger partial charge >= 0.3 is 0 Å². The number of amides is 2. The molecule has 2 amide bonds. The Bertz CT molecular complexity index is 566. The Kier molecular flexibility index (Phi) is 6.62. The van der Waals surface area contributed by atoms with Crippen molar-refractivity contribution >= 4 is 46.7 Å². The van der Waals surface area contributed by atoms with Crippen molar-refractivity contribution in [3.8, 4) is 0 Å². The lowest BCUT2D eigenvalue weighted by atomic mass is 10.4. The summed E-state index contributed by atoms with van der Waals surface area (Å²) in [6.07, 6.45) is 4.99. The summed E-state index contributed by atoms with van der Waals surface area (Å²) in [7, 11) is 3.73. The molecule has 2 saturated carbocycles. The molecule has 138 valence electrons. The molecule has 0 bridgehead atoms. The Morgan fingerprint density at radius 1 is 0.920 bits per heavy atom. The fourth-order valence-electron chi connectivity index (χ4n) is 2.36. The van der Waals surface area contributed by atoms with E-state index in [9.17, 15) is 9.59 Å². The van der Waals surface area contributed by atoms with Crippen molar-refractivity contribution in [2.45, 2.75) is 34.4 Å². The van der Waals surface area contributed by atoms with E-state index in [0.717, 1.165) is 21.8 Å². The molecule has 0 saturated heterocycles. The molecular formula is C16H24N4O2S3. The van der Waals surface area contributed by atoms with Crippen molar-refractivity contribution in [3.63, 3.8) is 0 Å². The molecular weight excluding hydrogens is 376 g/mol. The molecule has 0 aromatic carbocycles. The Hall–Kier alpha value is -0.800. The number of nitrogens with zero attached hydrogens (tertiary/aromatic N) is 4. The number of aromatic nitrogens is 2. The molecule has 0 N–H and O–H groups in total. The first kappa shape index (κ1) is 19.0. The lowest BCUT2D eigenvalue weighted by Gasteiger charge is -2.15. The van der Waals surface area contributed by atoms with Crippen LogP contribution in [0.5, 0.6) is 0 Å². The van der Waals surface area contributed by atoms with Crippen molar-refractivity contribution in [2.75, 3.05) is 38.7 Å². The molecule has 2 aliphatic rings. The third kappa shape index (κ3) is 6.45. The van der Waals surface area contributed by atoms with Gasteiger partial charge in [0.25, 0.3) is 0 Å². The molecule has 1 aromatic heterocycles. The molecule has 0 spiro atoms. The summed E-state index contributed by atoms with van der Waals surface area (Å²) in [6, 6.07) is 0. The largest absolute Gasteiger partial charge is 0.345 e. The SMILES string of the molecule is CN(CC1CC1)C(=O)CSc1nnc(SCC(=O)N(C)CC2CC2)s1. The number of carbonyl (C=O) groups is 2. The molecule has 1 aromatic rings. The average molecular weight is 401 g/mol. The number of hydrogen-bond donors (Lipinski definition) is 0. The predicted octanol–water partition coefficient (Wildman–Crippen LogP) is 2.46. The van der Waals surface area contributed by atoms with Crippen molar-refractivity contribution in [1.29, 1.82) is 0 Å². The zero-order chi connectivity index (χ0) is 17.8. The fourth-order valence-corrected chi connectivity index (χ4v) is 5.26. The van der Waals surface area contributed by atoms with Gasteiger partial charge in [-0.15, -0.1) is 10.2 Å². The summed E-state index contributed by atoms with van der Waals surface area (Å²) in [4.78, 5) is 27.8. The van der Waals surface area contributed by atoms with Gasteiger partial charge in [-0.2, -0.15) is 0 Å². The summed E-state index contributed by atoms with van der Waals surface area (Å²) in [5, 5.41) is 8.23. The molecule has 25 heavy (non-hydrogen) atoms. The number of hydrogen-bond acceptors (Lipinski definition) is 7. The minimum absolute atomic E-state index is 0.137. The van der Waals surface area contributed by atoms with Gasteiger partial charge in [-0.3, -0.25) is 9.59 Å². The number of rotatable bonds is 10. The van der Waals surface area contributed by atoms with Crippen molar-refractivity contribution in [1.82, 2.24) is 20.0 Å². The van der Waals surface area contributed by atoms with Crippen LogP contribution < -0.4 is 0 Å². The molecule has 2 fully saturated rings. The van der Waals surface area contributed by atoms with E-state index >= 15 is 0 Å². The number of carbonyl (C=O) groups excluding carboxylic acids is 2. The van der Waals surface area contributed by atoms with Crippen LogP contribution in [0.25, 0.3) is 0 Å². The molecule has 9 heteroatoms. The van der Waals surface area contributed by atoms with E-state index in [-0.39, 0.29) is 11.8 Å². The minimum Gasteiger partial charge on any atom is -0.345 e. The zero-order valence-corrected chi connectivity index (χ0v) is 17.1. The average Bonchev–Trinajstić information content (AvgIpc) is 3.52. The summed E-state index contributed by atoms with van der Waals surface area (Å²) in [6.45, 7) is 1.74. The van der Waals surface area contributed by atoms with Crippen molar-refractivity contribution < 1.29 is 9.59 Å². The first-order chi connectivity index (χ1) is 12.0. The lowest BCUT2D eigenvalue weighted by molar-refractivity contribution is -0.128. The van der Waals surface area contributed by atoms with Crippen LogP contribution in [0.1, 0.15) is 25.7 Å². The van der Waals surface area contributed by atoms with E-state index in [4.69, 9.17) is 0 Å². The van der Waals surface area contributed by atoms with Gasteiger partial charge in [0.15, 0.2) is 8.68 Å². The Morgan fingerprint density at radius 2 is 1.32 bits per heavy atom. The highest BCUT2D eigenvalue weighted by atomic mass is 32.2. The van der Waals surface area contributed by atoms with Gasteiger partial charge in [0, 0.05) is 27.2 Å². The third-order valence-electron chi connectivity index (χ3n) is 4.34. The Balaban J connectivity index is 1.36. The normalized spacial score (nSPS) is 16.7. The smallest absolute Gasteiger partial charge is 0.232 e. The van der Waals surface area contributed by atoms with Gasteiger partial charge in [-0.05, 0) is 37.5 Å². The molecule has 0 atom stereocenters. The highest BCUT2D eigenvalue weighted by Gasteiger charge is 2.26. The fraction of sp³-hybridized carbons (Fsp3) is 0.750. The van der Waals surface area contributed by atoms with Crippen LogP contribution in [-0.2, 0) is 9.59 Å². The molecule has 2 aliphatic carbocycles. The highest BCUT2D eigenvalue weighted by molar-refractivity contribution is 8.03. The molecule has 1 heterocycles. The Morgan fingerprint density at radius 3 is 1.68 bits per heavy atom. The van der Waals surface area contributed by atoms with Gasteiger partial charge in [0.05, 0.1) is 11.5 Å². The second kappa shape index (κ2) is 8.73. The van der Waals surface area contributed by atoms with Crippen LogP contribution in [0.4, 0.5) is 0 Å². The molecule has 6 nitrogen and oxygen atoms in total. The van der Waals surface area contributed by atoms with Gasteiger partial charge < -0.3 is 9.80 Å². The van der Waals surface area contributed by atoms with Crippen molar-refractivity contribution in [2.24, 2.45) is 11.8 Å².